The van der Waals surface area contributed by atoms with E-state index in [-0.39, 0.29) is 12.5 Å². The van der Waals surface area contributed by atoms with Gasteiger partial charge in [-0.2, -0.15) is 0 Å². The molecule has 2 heterocycles. The van der Waals surface area contributed by atoms with Crippen LogP contribution in [-0.4, -0.2) is 60.4 Å². The molecule has 6 nitrogen and oxygen atoms in total. The van der Waals surface area contributed by atoms with Crippen molar-refractivity contribution in [2.24, 2.45) is 0 Å². The molecule has 2 aliphatic heterocycles. The van der Waals surface area contributed by atoms with E-state index >= 15 is 0 Å². The number of carbonyl (C=O) groups excluding carboxylic acids is 1. The Hall–Kier alpha value is -1.14. The van der Waals surface area contributed by atoms with Crippen molar-refractivity contribution in [3.63, 3.8) is 0 Å². The molecule has 84 valence electrons. The van der Waals surface area contributed by atoms with Crippen LogP contribution in [0.15, 0.2) is 0 Å². The van der Waals surface area contributed by atoms with Crippen LogP contribution >= 0.6 is 0 Å². The van der Waals surface area contributed by atoms with Gasteiger partial charge >= 0.3 is 5.97 Å². The molecule has 2 unspecified atom stereocenters. The van der Waals surface area contributed by atoms with Gasteiger partial charge in [0.1, 0.15) is 6.04 Å². The van der Waals surface area contributed by atoms with E-state index in [2.05, 4.69) is 0 Å². The highest BCUT2D eigenvalue weighted by Crippen LogP contribution is 2.20. The molecule has 2 fully saturated rings. The van der Waals surface area contributed by atoms with Crippen molar-refractivity contribution in [2.45, 2.75) is 18.6 Å². The predicted molar refractivity (Wildman–Crippen MR) is 48.3 cm³/mol. The first-order valence-corrected chi connectivity index (χ1v) is 4.93. The Morgan fingerprint density at radius 1 is 1.33 bits per heavy atom. The summed E-state index contributed by atoms with van der Waals surface area (Å²) < 4.78 is 10.3. The van der Waals surface area contributed by atoms with E-state index in [1.54, 1.807) is 0 Å². The summed E-state index contributed by atoms with van der Waals surface area (Å²) in [6.07, 6.45) is -0.102. The quantitative estimate of drug-likeness (QED) is 0.645. The maximum Gasteiger partial charge on any atom is 0.326 e. The molecule has 1 N–H and O–H groups in total. The molecule has 0 radical (unpaired) electrons. The third-order valence-electron chi connectivity index (χ3n) is 2.68. The van der Waals surface area contributed by atoms with Gasteiger partial charge < -0.3 is 19.5 Å². The third kappa shape index (κ3) is 1.95. The number of rotatable bonds is 2. The fraction of sp³-hybridized carbons (Fsp3) is 0.778. The van der Waals surface area contributed by atoms with Crippen LogP contribution in [0.25, 0.3) is 0 Å². The second-order valence-corrected chi connectivity index (χ2v) is 3.61. The normalized spacial score (nSPS) is 30.8. The van der Waals surface area contributed by atoms with Crippen molar-refractivity contribution < 1.29 is 24.2 Å². The monoisotopic (exact) mass is 215 g/mol. The molecular weight excluding hydrogens is 202 g/mol. The minimum absolute atomic E-state index is 0.224. The number of hydrogen-bond donors (Lipinski definition) is 1. The van der Waals surface area contributed by atoms with E-state index in [1.165, 1.54) is 4.90 Å². The Morgan fingerprint density at radius 3 is 2.60 bits per heavy atom. The Labute approximate surface area is 86.8 Å². The fourth-order valence-electron chi connectivity index (χ4n) is 1.72. The highest BCUT2D eigenvalue weighted by atomic mass is 16.6. The summed E-state index contributed by atoms with van der Waals surface area (Å²) in [5.41, 5.74) is 0. The van der Waals surface area contributed by atoms with Crippen molar-refractivity contribution in [1.82, 2.24) is 4.90 Å². The van der Waals surface area contributed by atoms with Crippen molar-refractivity contribution >= 4 is 11.9 Å². The third-order valence-corrected chi connectivity index (χ3v) is 2.68. The predicted octanol–water partition coefficient (Wildman–Crippen LogP) is -0.913. The van der Waals surface area contributed by atoms with E-state index < -0.39 is 18.1 Å². The molecule has 1 amide bonds. The Morgan fingerprint density at radius 2 is 2.13 bits per heavy atom. The van der Waals surface area contributed by atoms with Crippen LogP contribution in [0.2, 0.25) is 0 Å². The molecule has 0 aromatic rings. The second-order valence-electron chi connectivity index (χ2n) is 3.61. The van der Waals surface area contributed by atoms with Crippen molar-refractivity contribution in [2.75, 3.05) is 26.4 Å². The van der Waals surface area contributed by atoms with Gasteiger partial charge in [-0.1, -0.05) is 0 Å². The molecule has 0 spiro atoms. The molecule has 0 aliphatic carbocycles. The van der Waals surface area contributed by atoms with E-state index in [1.807, 2.05) is 0 Å². The van der Waals surface area contributed by atoms with Crippen molar-refractivity contribution in [1.29, 1.82) is 0 Å². The molecule has 6 heteroatoms. The van der Waals surface area contributed by atoms with E-state index in [4.69, 9.17) is 14.6 Å². The molecule has 15 heavy (non-hydrogen) atoms. The minimum atomic E-state index is -0.952. The number of carbonyl (C=O) groups is 2. The first kappa shape index (κ1) is 10.4. The number of nitrogens with zero attached hydrogens (tertiary/aromatic N) is 1. The molecule has 0 saturated carbocycles. The number of aliphatic carboxylic acids is 1. The average molecular weight is 215 g/mol. The molecule has 0 aromatic carbocycles. The zero-order valence-corrected chi connectivity index (χ0v) is 8.22. The largest absolute Gasteiger partial charge is 0.480 e. The average Bonchev–Trinajstić information content (AvgIpc) is 2.16. The van der Waals surface area contributed by atoms with E-state index in [0.717, 1.165) is 0 Å². The fourth-order valence-corrected chi connectivity index (χ4v) is 1.72. The maximum atomic E-state index is 11.8. The van der Waals surface area contributed by atoms with Crippen LogP contribution < -0.4 is 0 Å². The zero-order valence-electron chi connectivity index (χ0n) is 8.22. The van der Waals surface area contributed by atoms with Gasteiger partial charge in [-0.25, -0.2) is 4.79 Å². The summed E-state index contributed by atoms with van der Waals surface area (Å²) in [5, 5.41) is 8.78. The van der Waals surface area contributed by atoms with Gasteiger partial charge in [-0.15, -0.1) is 0 Å². The Kier molecular flexibility index (Phi) is 2.88. The number of amides is 1. The molecule has 2 atom stereocenters. The zero-order chi connectivity index (χ0) is 10.8. The number of carboxylic acid groups (broad SMARTS) is 1. The summed E-state index contributed by atoms with van der Waals surface area (Å²) in [7, 11) is 0. The Balaban J connectivity index is 1.92. The number of ether oxygens (including phenoxy) is 2. The molecule has 0 bridgehead atoms. The lowest BCUT2D eigenvalue weighted by atomic mass is 10.0. The summed E-state index contributed by atoms with van der Waals surface area (Å²) in [6.45, 7) is 1.60. The molecule has 2 saturated heterocycles. The van der Waals surface area contributed by atoms with Gasteiger partial charge in [-0.3, -0.25) is 4.79 Å². The van der Waals surface area contributed by atoms with Crippen LogP contribution in [-0.2, 0) is 19.1 Å². The highest BCUT2D eigenvalue weighted by Gasteiger charge is 2.41. The number of likely N-dealkylation sites (tertiary alicyclic amines) is 1. The van der Waals surface area contributed by atoms with E-state index in [9.17, 15) is 9.59 Å². The highest BCUT2D eigenvalue weighted by molar-refractivity contribution is 5.88. The van der Waals surface area contributed by atoms with Gasteiger partial charge in [0, 0.05) is 6.54 Å². The standard InChI is InChI=1S/C9H13NO5/c11-8(7-5-14-3-4-15-7)10-2-1-6(10)9(12)13/h6-7H,1-5H2,(H,12,13). The van der Waals surface area contributed by atoms with Gasteiger partial charge in [-0.05, 0) is 6.42 Å². The lowest BCUT2D eigenvalue weighted by molar-refractivity contribution is -0.172. The van der Waals surface area contributed by atoms with Gasteiger partial charge in [0.2, 0.25) is 0 Å². The van der Waals surface area contributed by atoms with Crippen LogP contribution in [0.5, 0.6) is 0 Å². The molecular formula is C9H13NO5. The lowest BCUT2D eigenvalue weighted by Crippen LogP contribution is -2.59. The topological polar surface area (TPSA) is 76.1 Å². The Bertz CT molecular complexity index is 274. The second kappa shape index (κ2) is 4.16. The summed E-state index contributed by atoms with van der Waals surface area (Å²) in [5.74, 6) is -1.22. The van der Waals surface area contributed by atoms with Gasteiger partial charge in [0.05, 0.1) is 19.8 Å². The smallest absolute Gasteiger partial charge is 0.326 e. The number of hydrogen-bond acceptors (Lipinski definition) is 4. The van der Waals surface area contributed by atoms with Gasteiger partial charge in [0.25, 0.3) is 5.91 Å². The number of carboxylic acids is 1. The van der Waals surface area contributed by atoms with Crippen molar-refractivity contribution in [3.05, 3.63) is 0 Å². The SMILES string of the molecule is O=C(O)C1CCN1C(=O)C1COCCO1. The van der Waals surface area contributed by atoms with Gasteiger partial charge in [0.15, 0.2) is 6.10 Å². The lowest BCUT2D eigenvalue weighted by Gasteiger charge is -2.40. The summed E-state index contributed by atoms with van der Waals surface area (Å²) in [4.78, 5) is 23.8. The van der Waals surface area contributed by atoms with Crippen LogP contribution in [0.3, 0.4) is 0 Å². The first-order chi connectivity index (χ1) is 7.20. The molecule has 0 aromatic heterocycles. The summed E-state index contributed by atoms with van der Waals surface area (Å²) in [6, 6.07) is -0.678. The van der Waals surface area contributed by atoms with Crippen molar-refractivity contribution in [3.8, 4) is 0 Å². The summed E-state index contributed by atoms with van der Waals surface area (Å²) >= 11 is 0. The van der Waals surface area contributed by atoms with Crippen LogP contribution in [0.4, 0.5) is 0 Å². The first-order valence-electron chi connectivity index (χ1n) is 4.93. The maximum absolute atomic E-state index is 11.8. The molecule has 2 aliphatic rings. The minimum Gasteiger partial charge on any atom is -0.480 e. The van der Waals surface area contributed by atoms with Crippen LogP contribution in [0.1, 0.15) is 6.42 Å². The molecule has 2 rings (SSSR count). The van der Waals surface area contributed by atoms with E-state index in [0.29, 0.717) is 26.2 Å². The van der Waals surface area contributed by atoms with Crippen LogP contribution in [0, 0.1) is 0 Å².